The van der Waals surface area contributed by atoms with E-state index in [2.05, 4.69) is 21.2 Å². The van der Waals surface area contributed by atoms with E-state index in [1.54, 1.807) is 6.20 Å². The molecule has 2 aromatic rings. The topological polar surface area (TPSA) is 52.4 Å². The Hall–Kier alpha value is -1.92. The summed E-state index contributed by atoms with van der Waals surface area (Å²) in [4.78, 5) is 6.73. The predicted molar refractivity (Wildman–Crippen MR) is 89.7 cm³/mol. The lowest BCUT2D eigenvalue weighted by Gasteiger charge is -2.39. The standard InChI is InChI=1S/C18H24N4O2/c1-21-11-15(10-20-21)12-22-8-4-6-18(14-22)9-16(13-23-18)24-17-5-2-3-7-19-17/h2-3,5,7,10-11,16H,4,6,8-9,12-14H2,1H3/t16-,18-/m0/s1. The van der Waals surface area contributed by atoms with Crippen molar-refractivity contribution >= 4 is 0 Å². The van der Waals surface area contributed by atoms with Crippen molar-refractivity contribution in [3.8, 4) is 5.88 Å². The highest BCUT2D eigenvalue weighted by Gasteiger charge is 2.44. The third-order valence-corrected chi connectivity index (χ3v) is 4.88. The first kappa shape index (κ1) is 15.6. The third-order valence-electron chi connectivity index (χ3n) is 4.88. The first-order chi connectivity index (χ1) is 11.7. The van der Waals surface area contributed by atoms with Gasteiger partial charge in [-0.1, -0.05) is 6.07 Å². The molecule has 24 heavy (non-hydrogen) atoms. The molecule has 0 unspecified atom stereocenters. The summed E-state index contributed by atoms with van der Waals surface area (Å²) >= 11 is 0. The molecule has 0 amide bonds. The zero-order valence-corrected chi connectivity index (χ0v) is 14.1. The largest absolute Gasteiger partial charge is 0.472 e. The van der Waals surface area contributed by atoms with E-state index in [9.17, 15) is 0 Å². The van der Waals surface area contributed by atoms with Gasteiger partial charge >= 0.3 is 0 Å². The molecule has 2 aromatic heterocycles. The summed E-state index contributed by atoms with van der Waals surface area (Å²) in [5.41, 5.74) is 1.19. The van der Waals surface area contributed by atoms with Crippen molar-refractivity contribution in [2.75, 3.05) is 19.7 Å². The zero-order valence-electron chi connectivity index (χ0n) is 14.1. The zero-order chi connectivity index (χ0) is 16.4. The van der Waals surface area contributed by atoms with E-state index in [4.69, 9.17) is 9.47 Å². The van der Waals surface area contributed by atoms with Crippen LogP contribution in [0.25, 0.3) is 0 Å². The fraction of sp³-hybridized carbons (Fsp3) is 0.556. The van der Waals surface area contributed by atoms with Crippen LogP contribution in [0.5, 0.6) is 5.88 Å². The number of pyridine rings is 1. The molecule has 0 bridgehead atoms. The lowest BCUT2D eigenvalue weighted by Crippen LogP contribution is -2.47. The van der Waals surface area contributed by atoms with Gasteiger partial charge in [0, 0.05) is 50.6 Å². The number of likely N-dealkylation sites (tertiary alicyclic amines) is 1. The molecule has 6 heteroatoms. The molecule has 0 aromatic carbocycles. The second-order valence-electron chi connectivity index (χ2n) is 6.94. The fourth-order valence-electron chi connectivity index (χ4n) is 3.89. The highest BCUT2D eigenvalue weighted by molar-refractivity contribution is 5.11. The van der Waals surface area contributed by atoms with E-state index >= 15 is 0 Å². The molecule has 128 valence electrons. The maximum atomic E-state index is 6.22. The van der Waals surface area contributed by atoms with Crippen LogP contribution in [-0.2, 0) is 18.3 Å². The average molecular weight is 328 g/mol. The van der Waals surface area contributed by atoms with E-state index in [0.29, 0.717) is 12.5 Å². The van der Waals surface area contributed by atoms with Gasteiger partial charge in [-0.05, 0) is 25.5 Å². The molecule has 0 radical (unpaired) electrons. The molecule has 4 rings (SSSR count). The van der Waals surface area contributed by atoms with E-state index < -0.39 is 0 Å². The summed E-state index contributed by atoms with van der Waals surface area (Å²) in [6.45, 7) is 3.66. The summed E-state index contributed by atoms with van der Waals surface area (Å²) in [6.07, 6.45) is 9.10. The van der Waals surface area contributed by atoms with Crippen LogP contribution in [0.2, 0.25) is 0 Å². The van der Waals surface area contributed by atoms with Crippen molar-refractivity contribution in [1.82, 2.24) is 19.7 Å². The molecular formula is C18H24N4O2. The van der Waals surface area contributed by atoms with Gasteiger partial charge in [0.1, 0.15) is 6.10 Å². The molecule has 1 spiro atoms. The number of hydrogen-bond donors (Lipinski definition) is 0. The maximum Gasteiger partial charge on any atom is 0.213 e. The molecule has 2 aliphatic heterocycles. The summed E-state index contributed by atoms with van der Waals surface area (Å²) < 4.78 is 14.1. The Kier molecular flexibility index (Phi) is 4.24. The summed E-state index contributed by atoms with van der Waals surface area (Å²) in [5, 5.41) is 4.26. The number of rotatable bonds is 4. The maximum absolute atomic E-state index is 6.22. The minimum absolute atomic E-state index is 0.0695. The normalized spacial score (nSPS) is 27.6. The lowest BCUT2D eigenvalue weighted by molar-refractivity contribution is -0.0538. The highest BCUT2D eigenvalue weighted by atomic mass is 16.6. The van der Waals surface area contributed by atoms with Gasteiger partial charge in [0.05, 0.1) is 18.4 Å². The second-order valence-corrected chi connectivity index (χ2v) is 6.94. The van der Waals surface area contributed by atoms with Gasteiger partial charge in [-0.3, -0.25) is 9.58 Å². The van der Waals surface area contributed by atoms with Gasteiger partial charge in [-0.25, -0.2) is 4.98 Å². The molecule has 2 atom stereocenters. The van der Waals surface area contributed by atoms with Crippen LogP contribution in [-0.4, -0.2) is 51.1 Å². The first-order valence-electron chi connectivity index (χ1n) is 8.62. The van der Waals surface area contributed by atoms with Crippen LogP contribution in [0.1, 0.15) is 24.8 Å². The molecule has 2 saturated heterocycles. The molecular weight excluding hydrogens is 304 g/mol. The Balaban J connectivity index is 1.36. The summed E-state index contributed by atoms with van der Waals surface area (Å²) in [6, 6.07) is 5.75. The van der Waals surface area contributed by atoms with Gasteiger partial charge in [0.15, 0.2) is 0 Å². The second kappa shape index (κ2) is 6.53. The Labute approximate surface area is 142 Å². The first-order valence-corrected chi connectivity index (χ1v) is 8.62. The predicted octanol–water partition coefficient (Wildman–Crippen LogP) is 2.02. The highest BCUT2D eigenvalue weighted by Crippen LogP contribution is 2.36. The summed E-state index contributed by atoms with van der Waals surface area (Å²) in [5.74, 6) is 0.686. The molecule has 0 saturated carbocycles. The van der Waals surface area contributed by atoms with Crippen molar-refractivity contribution in [1.29, 1.82) is 0 Å². The Morgan fingerprint density at radius 2 is 2.38 bits per heavy atom. The molecule has 4 heterocycles. The van der Waals surface area contributed by atoms with Gasteiger partial charge in [-0.2, -0.15) is 5.10 Å². The SMILES string of the molecule is Cn1cc(CN2CCC[C@]3(C[C@H](Oc4ccccn4)CO3)C2)cn1. The number of nitrogens with zero attached hydrogens (tertiary/aromatic N) is 4. The van der Waals surface area contributed by atoms with E-state index in [0.717, 1.165) is 38.9 Å². The van der Waals surface area contributed by atoms with E-state index in [1.165, 1.54) is 5.56 Å². The van der Waals surface area contributed by atoms with Crippen LogP contribution >= 0.6 is 0 Å². The van der Waals surface area contributed by atoms with E-state index in [-0.39, 0.29) is 11.7 Å². The fourth-order valence-corrected chi connectivity index (χ4v) is 3.89. The summed E-state index contributed by atoms with van der Waals surface area (Å²) in [7, 11) is 1.96. The molecule has 6 nitrogen and oxygen atoms in total. The van der Waals surface area contributed by atoms with Gasteiger partial charge in [0.2, 0.25) is 5.88 Å². The Morgan fingerprint density at radius 1 is 1.42 bits per heavy atom. The van der Waals surface area contributed by atoms with Crippen LogP contribution < -0.4 is 4.74 Å². The quantitative estimate of drug-likeness (QED) is 0.859. The van der Waals surface area contributed by atoms with Crippen LogP contribution in [0.15, 0.2) is 36.8 Å². The smallest absolute Gasteiger partial charge is 0.213 e. The molecule has 2 fully saturated rings. The van der Waals surface area contributed by atoms with Gasteiger partial charge in [0.25, 0.3) is 0 Å². The Bertz CT molecular complexity index is 675. The number of hydrogen-bond acceptors (Lipinski definition) is 5. The molecule has 0 aliphatic carbocycles. The monoisotopic (exact) mass is 328 g/mol. The minimum Gasteiger partial charge on any atom is -0.472 e. The third kappa shape index (κ3) is 3.44. The van der Waals surface area contributed by atoms with Crippen LogP contribution in [0.3, 0.4) is 0 Å². The van der Waals surface area contributed by atoms with Gasteiger partial charge in [-0.15, -0.1) is 0 Å². The number of aromatic nitrogens is 3. The van der Waals surface area contributed by atoms with Crippen molar-refractivity contribution in [3.05, 3.63) is 42.4 Å². The number of piperidine rings is 1. The average Bonchev–Trinajstić information content (AvgIpc) is 3.15. The van der Waals surface area contributed by atoms with Crippen LogP contribution in [0, 0.1) is 0 Å². The molecule has 0 N–H and O–H groups in total. The van der Waals surface area contributed by atoms with Crippen molar-refractivity contribution < 1.29 is 9.47 Å². The van der Waals surface area contributed by atoms with Crippen molar-refractivity contribution in [2.24, 2.45) is 7.05 Å². The van der Waals surface area contributed by atoms with Crippen LogP contribution in [0.4, 0.5) is 0 Å². The Morgan fingerprint density at radius 3 is 3.17 bits per heavy atom. The number of ether oxygens (including phenoxy) is 2. The number of aryl methyl sites for hydroxylation is 1. The minimum atomic E-state index is -0.0695. The lowest BCUT2D eigenvalue weighted by atomic mass is 9.89. The van der Waals surface area contributed by atoms with Gasteiger partial charge < -0.3 is 9.47 Å². The van der Waals surface area contributed by atoms with Crippen molar-refractivity contribution in [3.63, 3.8) is 0 Å². The van der Waals surface area contributed by atoms with Crippen molar-refractivity contribution in [2.45, 2.75) is 37.5 Å². The van der Waals surface area contributed by atoms with E-state index in [1.807, 2.05) is 36.1 Å². The molecule has 2 aliphatic rings.